The summed E-state index contributed by atoms with van der Waals surface area (Å²) >= 11 is 0. The Bertz CT molecular complexity index is 177. The van der Waals surface area contributed by atoms with E-state index in [0.717, 1.165) is 31.1 Å². The van der Waals surface area contributed by atoms with Gasteiger partial charge in [-0.25, -0.2) is 0 Å². The highest BCUT2D eigenvalue weighted by atomic mass is 16.5. The molecule has 0 radical (unpaired) electrons. The number of nitrogens with one attached hydrogen (secondary N) is 1. The summed E-state index contributed by atoms with van der Waals surface area (Å²) < 4.78 is 5.46. The predicted octanol–water partition coefficient (Wildman–Crippen LogP) is 2.58. The smallest absolute Gasteiger partial charge is 0.0468 e. The van der Waals surface area contributed by atoms with E-state index in [-0.39, 0.29) is 0 Å². The van der Waals surface area contributed by atoms with Gasteiger partial charge in [0.25, 0.3) is 0 Å². The van der Waals surface area contributed by atoms with Crippen LogP contribution >= 0.6 is 0 Å². The van der Waals surface area contributed by atoms with Crippen LogP contribution in [0.25, 0.3) is 0 Å². The lowest BCUT2D eigenvalue weighted by atomic mass is 9.82. The molecule has 1 aliphatic heterocycles. The normalized spacial score (nSPS) is 33.4. The summed E-state index contributed by atoms with van der Waals surface area (Å²) in [6, 6.07) is 0.813. The highest BCUT2D eigenvalue weighted by Crippen LogP contribution is 2.36. The molecule has 2 unspecified atom stereocenters. The summed E-state index contributed by atoms with van der Waals surface area (Å²) in [5, 5.41) is 3.74. The van der Waals surface area contributed by atoms with Crippen LogP contribution in [0.1, 0.15) is 45.4 Å². The highest BCUT2D eigenvalue weighted by Gasteiger charge is 2.33. The van der Waals surface area contributed by atoms with Crippen molar-refractivity contribution in [3.63, 3.8) is 0 Å². The van der Waals surface area contributed by atoms with Gasteiger partial charge in [-0.1, -0.05) is 13.3 Å². The fraction of sp³-hybridized carbons (Fsp3) is 1.00. The average Bonchev–Trinajstić information content (AvgIpc) is 2.75. The minimum absolute atomic E-state index is 0.813. The third-order valence-corrected chi connectivity index (χ3v) is 4.10. The zero-order valence-electron chi connectivity index (χ0n) is 10.0. The van der Waals surface area contributed by atoms with Crippen molar-refractivity contribution in [2.24, 2.45) is 11.8 Å². The molecule has 1 heterocycles. The lowest BCUT2D eigenvalue weighted by molar-refractivity contribution is 0.0428. The molecule has 2 fully saturated rings. The molecule has 1 saturated carbocycles. The summed E-state index contributed by atoms with van der Waals surface area (Å²) in [4.78, 5) is 0. The van der Waals surface area contributed by atoms with Crippen LogP contribution in [0, 0.1) is 11.8 Å². The standard InChI is InChI=1S/C13H25NO/c1-2-8-14-13-5-3-4-12(13)11-6-9-15-10-7-11/h11-14H,2-10H2,1H3. The van der Waals surface area contributed by atoms with Crippen LogP contribution in [-0.4, -0.2) is 25.8 Å². The molecule has 2 rings (SSSR count). The number of hydrogen-bond acceptors (Lipinski definition) is 2. The molecule has 0 aromatic carbocycles. The van der Waals surface area contributed by atoms with Crippen molar-refractivity contribution in [3.05, 3.63) is 0 Å². The molecule has 1 N–H and O–H groups in total. The van der Waals surface area contributed by atoms with E-state index in [1.165, 1.54) is 45.1 Å². The van der Waals surface area contributed by atoms with Gasteiger partial charge in [0.1, 0.15) is 0 Å². The number of ether oxygens (including phenoxy) is 1. The summed E-state index contributed by atoms with van der Waals surface area (Å²) in [5.74, 6) is 1.89. The van der Waals surface area contributed by atoms with Crippen LogP contribution < -0.4 is 5.32 Å². The molecule has 1 saturated heterocycles. The van der Waals surface area contributed by atoms with E-state index in [2.05, 4.69) is 12.2 Å². The van der Waals surface area contributed by atoms with Crippen LogP contribution in [0.4, 0.5) is 0 Å². The van der Waals surface area contributed by atoms with E-state index in [9.17, 15) is 0 Å². The summed E-state index contributed by atoms with van der Waals surface area (Å²) in [6.45, 7) is 5.46. The topological polar surface area (TPSA) is 21.3 Å². The summed E-state index contributed by atoms with van der Waals surface area (Å²) in [7, 11) is 0. The van der Waals surface area contributed by atoms with E-state index in [4.69, 9.17) is 4.74 Å². The van der Waals surface area contributed by atoms with E-state index < -0.39 is 0 Å². The Morgan fingerprint density at radius 2 is 1.93 bits per heavy atom. The van der Waals surface area contributed by atoms with E-state index in [1.807, 2.05) is 0 Å². The van der Waals surface area contributed by atoms with Crippen LogP contribution in [-0.2, 0) is 4.74 Å². The van der Waals surface area contributed by atoms with Gasteiger partial charge in [0.15, 0.2) is 0 Å². The first-order valence-corrected chi connectivity index (χ1v) is 6.73. The summed E-state index contributed by atoms with van der Waals surface area (Å²) in [5.41, 5.74) is 0. The van der Waals surface area contributed by atoms with Crippen molar-refractivity contribution < 1.29 is 4.74 Å². The molecular weight excluding hydrogens is 186 g/mol. The Balaban J connectivity index is 1.82. The van der Waals surface area contributed by atoms with E-state index in [1.54, 1.807) is 0 Å². The van der Waals surface area contributed by atoms with Crippen molar-refractivity contribution in [2.75, 3.05) is 19.8 Å². The molecule has 2 heteroatoms. The molecule has 0 bridgehead atoms. The highest BCUT2D eigenvalue weighted by molar-refractivity contribution is 4.88. The van der Waals surface area contributed by atoms with Gasteiger partial charge in [-0.05, 0) is 50.5 Å². The first-order chi connectivity index (χ1) is 7.42. The minimum atomic E-state index is 0.813. The van der Waals surface area contributed by atoms with Crippen LogP contribution in [0.15, 0.2) is 0 Å². The maximum atomic E-state index is 5.46. The van der Waals surface area contributed by atoms with Gasteiger partial charge >= 0.3 is 0 Å². The third kappa shape index (κ3) is 2.94. The molecule has 2 aliphatic rings. The zero-order chi connectivity index (χ0) is 10.5. The van der Waals surface area contributed by atoms with Gasteiger partial charge in [0, 0.05) is 19.3 Å². The first kappa shape index (κ1) is 11.4. The molecule has 0 aromatic rings. The van der Waals surface area contributed by atoms with Crippen molar-refractivity contribution in [3.8, 4) is 0 Å². The molecule has 2 nitrogen and oxygen atoms in total. The van der Waals surface area contributed by atoms with Gasteiger partial charge in [-0.3, -0.25) is 0 Å². The van der Waals surface area contributed by atoms with Crippen molar-refractivity contribution in [1.82, 2.24) is 5.32 Å². The Morgan fingerprint density at radius 3 is 2.67 bits per heavy atom. The second kappa shape index (κ2) is 5.86. The maximum absolute atomic E-state index is 5.46. The van der Waals surface area contributed by atoms with E-state index >= 15 is 0 Å². The van der Waals surface area contributed by atoms with Crippen LogP contribution in [0.5, 0.6) is 0 Å². The lowest BCUT2D eigenvalue weighted by Crippen LogP contribution is -2.38. The minimum Gasteiger partial charge on any atom is -0.381 e. The molecular formula is C13H25NO. The molecule has 0 aromatic heterocycles. The van der Waals surface area contributed by atoms with Crippen molar-refractivity contribution in [2.45, 2.75) is 51.5 Å². The fourth-order valence-corrected chi connectivity index (χ4v) is 3.28. The Kier molecular flexibility index (Phi) is 4.45. The monoisotopic (exact) mass is 211 g/mol. The van der Waals surface area contributed by atoms with Crippen LogP contribution in [0.3, 0.4) is 0 Å². The first-order valence-electron chi connectivity index (χ1n) is 6.73. The van der Waals surface area contributed by atoms with Gasteiger partial charge in [0.2, 0.25) is 0 Å². The Hall–Kier alpha value is -0.0800. The Labute approximate surface area is 93.8 Å². The van der Waals surface area contributed by atoms with Crippen LogP contribution in [0.2, 0.25) is 0 Å². The second-order valence-corrected chi connectivity index (χ2v) is 5.11. The van der Waals surface area contributed by atoms with Crippen molar-refractivity contribution >= 4 is 0 Å². The zero-order valence-corrected chi connectivity index (χ0v) is 10.0. The van der Waals surface area contributed by atoms with E-state index in [0.29, 0.717) is 0 Å². The van der Waals surface area contributed by atoms with Gasteiger partial charge in [-0.15, -0.1) is 0 Å². The van der Waals surface area contributed by atoms with Gasteiger partial charge in [0.05, 0.1) is 0 Å². The largest absolute Gasteiger partial charge is 0.381 e. The molecule has 0 spiro atoms. The number of rotatable bonds is 4. The molecule has 88 valence electrons. The molecule has 1 aliphatic carbocycles. The fourth-order valence-electron chi connectivity index (χ4n) is 3.28. The third-order valence-electron chi connectivity index (χ3n) is 4.10. The maximum Gasteiger partial charge on any atom is 0.0468 e. The predicted molar refractivity (Wildman–Crippen MR) is 63.0 cm³/mol. The lowest BCUT2D eigenvalue weighted by Gasteiger charge is -2.32. The summed E-state index contributed by atoms with van der Waals surface area (Å²) in [6.07, 6.45) is 8.15. The molecule has 2 atom stereocenters. The van der Waals surface area contributed by atoms with Gasteiger partial charge in [-0.2, -0.15) is 0 Å². The van der Waals surface area contributed by atoms with Crippen molar-refractivity contribution in [1.29, 1.82) is 0 Å². The van der Waals surface area contributed by atoms with Gasteiger partial charge < -0.3 is 10.1 Å². The number of hydrogen-bond donors (Lipinski definition) is 1. The average molecular weight is 211 g/mol. The quantitative estimate of drug-likeness (QED) is 0.771. The molecule has 15 heavy (non-hydrogen) atoms. The SMILES string of the molecule is CCCNC1CCCC1C1CCOCC1. The molecule has 0 amide bonds. The Morgan fingerprint density at radius 1 is 1.13 bits per heavy atom. The second-order valence-electron chi connectivity index (χ2n) is 5.11.